The number of rotatable bonds is 9. The number of carbonyl (C=O) groups is 3. The van der Waals surface area contributed by atoms with E-state index in [-0.39, 0.29) is 35.0 Å². The topological polar surface area (TPSA) is 97.4 Å². The summed E-state index contributed by atoms with van der Waals surface area (Å²) in [6.45, 7) is 3.14. The van der Waals surface area contributed by atoms with E-state index in [4.69, 9.17) is 23.7 Å². The molecular weight excluding hydrogens is 524 g/mol. The van der Waals surface area contributed by atoms with Crippen molar-refractivity contribution in [2.45, 2.75) is 39.6 Å². The molecule has 41 heavy (non-hydrogen) atoms. The molecule has 0 aromatic heterocycles. The maximum atomic E-state index is 13.3. The van der Waals surface area contributed by atoms with Gasteiger partial charge in [-0.15, -0.1) is 0 Å². The van der Waals surface area contributed by atoms with E-state index < -0.39 is 18.0 Å². The number of ketones is 1. The van der Waals surface area contributed by atoms with Gasteiger partial charge in [0.2, 0.25) is 0 Å². The van der Waals surface area contributed by atoms with Crippen LogP contribution in [0.5, 0.6) is 28.7 Å². The summed E-state index contributed by atoms with van der Waals surface area (Å²) in [4.78, 5) is 36.6. The third-order valence-electron chi connectivity index (χ3n) is 6.29. The Morgan fingerprint density at radius 3 is 1.95 bits per heavy atom. The van der Waals surface area contributed by atoms with Gasteiger partial charge in [0.25, 0.3) is 0 Å². The van der Waals surface area contributed by atoms with Crippen molar-refractivity contribution >= 4 is 17.7 Å². The van der Waals surface area contributed by atoms with Crippen molar-refractivity contribution < 1.29 is 38.1 Å². The summed E-state index contributed by atoms with van der Waals surface area (Å²) in [6, 6.07) is 27.7. The molecule has 0 bridgehead atoms. The van der Waals surface area contributed by atoms with Crippen LogP contribution in [0.15, 0.2) is 91.0 Å². The first-order chi connectivity index (χ1) is 19.9. The number of ether oxygens (including phenoxy) is 5. The quantitative estimate of drug-likeness (QED) is 0.174. The smallest absolute Gasteiger partial charge is 0.308 e. The van der Waals surface area contributed by atoms with Crippen LogP contribution in [0, 0.1) is 0 Å². The second-order valence-corrected chi connectivity index (χ2v) is 9.47. The highest BCUT2D eigenvalue weighted by Gasteiger charge is 2.33. The van der Waals surface area contributed by atoms with Crippen molar-refractivity contribution in [2.24, 2.45) is 0 Å². The van der Waals surface area contributed by atoms with Gasteiger partial charge in [-0.1, -0.05) is 66.7 Å². The Labute approximate surface area is 237 Å². The van der Waals surface area contributed by atoms with Crippen molar-refractivity contribution in [3.63, 3.8) is 0 Å². The van der Waals surface area contributed by atoms with Gasteiger partial charge in [-0.2, -0.15) is 0 Å². The van der Waals surface area contributed by atoms with Crippen LogP contribution in [0.1, 0.15) is 53.4 Å². The molecular formula is C33H28O8. The molecule has 4 aromatic rings. The summed E-state index contributed by atoms with van der Waals surface area (Å²) in [5.74, 6) is -0.194. The molecule has 0 aliphatic carbocycles. The van der Waals surface area contributed by atoms with E-state index >= 15 is 0 Å². The Morgan fingerprint density at radius 1 is 0.732 bits per heavy atom. The van der Waals surface area contributed by atoms with E-state index in [0.717, 1.165) is 11.1 Å². The fourth-order valence-corrected chi connectivity index (χ4v) is 4.47. The molecule has 0 N–H and O–H groups in total. The van der Waals surface area contributed by atoms with Crippen molar-refractivity contribution in [1.29, 1.82) is 0 Å². The number of carbonyl (C=O) groups excluding carboxylic acids is 3. The number of esters is 2. The SMILES string of the molecule is CC(=O)Oc1cc(OC(C)=O)c2c(c1)OC(c1ccc(OCc3ccccc3)c(OCc3ccccc3)c1)CC2=O. The second kappa shape index (κ2) is 12.4. The zero-order valence-corrected chi connectivity index (χ0v) is 22.6. The predicted molar refractivity (Wildman–Crippen MR) is 149 cm³/mol. The lowest BCUT2D eigenvalue weighted by Crippen LogP contribution is -2.22. The molecule has 8 heteroatoms. The van der Waals surface area contributed by atoms with Crippen LogP contribution in [-0.2, 0) is 22.8 Å². The third-order valence-corrected chi connectivity index (χ3v) is 6.29. The third kappa shape index (κ3) is 6.91. The number of Topliss-reactive ketones (excluding diaryl/α,β-unsaturated/α-hetero) is 1. The Morgan fingerprint density at radius 2 is 1.34 bits per heavy atom. The van der Waals surface area contributed by atoms with Crippen molar-refractivity contribution in [3.8, 4) is 28.7 Å². The van der Waals surface area contributed by atoms with E-state index in [9.17, 15) is 14.4 Å². The predicted octanol–water partition coefficient (Wildman–Crippen LogP) is 6.40. The monoisotopic (exact) mass is 552 g/mol. The molecule has 8 nitrogen and oxygen atoms in total. The maximum Gasteiger partial charge on any atom is 0.308 e. The Kier molecular flexibility index (Phi) is 8.29. The van der Waals surface area contributed by atoms with E-state index in [1.54, 1.807) is 12.1 Å². The van der Waals surface area contributed by atoms with Gasteiger partial charge in [0.1, 0.15) is 42.1 Å². The van der Waals surface area contributed by atoms with E-state index in [1.807, 2.05) is 66.7 Å². The molecule has 0 amide bonds. The van der Waals surface area contributed by atoms with Crippen LogP contribution in [0.3, 0.4) is 0 Å². The number of benzene rings is 4. The van der Waals surface area contributed by atoms with Crippen LogP contribution in [-0.4, -0.2) is 17.7 Å². The highest BCUT2D eigenvalue weighted by atomic mass is 16.6. The number of hydrogen-bond donors (Lipinski definition) is 0. The second-order valence-electron chi connectivity index (χ2n) is 9.47. The van der Waals surface area contributed by atoms with Gasteiger partial charge in [-0.3, -0.25) is 14.4 Å². The van der Waals surface area contributed by atoms with Crippen molar-refractivity contribution in [1.82, 2.24) is 0 Å². The van der Waals surface area contributed by atoms with Gasteiger partial charge in [-0.05, 0) is 28.8 Å². The maximum absolute atomic E-state index is 13.3. The lowest BCUT2D eigenvalue weighted by molar-refractivity contribution is -0.132. The molecule has 0 saturated carbocycles. The fraction of sp³-hybridized carbons (Fsp3) is 0.182. The van der Waals surface area contributed by atoms with Gasteiger partial charge < -0.3 is 23.7 Å². The molecule has 1 heterocycles. The molecule has 0 fully saturated rings. The average molecular weight is 553 g/mol. The highest BCUT2D eigenvalue weighted by molar-refractivity contribution is 6.03. The first-order valence-electron chi connectivity index (χ1n) is 13.1. The molecule has 4 aromatic carbocycles. The Balaban J connectivity index is 1.45. The normalized spacial score (nSPS) is 13.9. The van der Waals surface area contributed by atoms with Gasteiger partial charge in [-0.25, -0.2) is 0 Å². The minimum atomic E-state index is -0.671. The van der Waals surface area contributed by atoms with Gasteiger partial charge >= 0.3 is 11.9 Å². The molecule has 0 radical (unpaired) electrons. The van der Waals surface area contributed by atoms with Crippen LogP contribution >= 0.6 is 0 Å². The van der Waals surface area contributed by atoms with Crippen LogP contribution in [0.25, 0.3) is 0 Å². The van der Waals surface area contributed by atoms with Crippen LogP contribution < -0.4 is 23.7 Å². The summed E-state index contributed by atoms with van der Waals surface area (Å²) in [5, 5.41) is 0. The summed E-state index contributed by atoms with van der Waals surface area (Å²) >= 11 is 0. The van der Waals surface area contributed by atoms with Gasteiger partial charge in [0, 0.05) is 26.0 Å². The standard InChI is InChI=1S/C33H28O8/c1-21(34)39-26-16-31(40-22(2)35)33-27(36)18-29(41-32(33)17-26)25-13-14-28(37-19-23-9-5-3-6-10-23)30(15-25)38-20-24-11-7-4-8-12-24/h3-17,29H,18-20H2,1-2H3. The van der Waals surface area contributed by atoms with Crippen LogP contribution in [0.2, 0.25) is 0 Å². The molecule has 0 saturated heterocycles. The number of fused-ring (bicyclic) bond motifs is 1. The van der Waals surface area contributed by atoms with E-state index in [2.05, 4.69) is 0 Å². The molecule has 1 atom stereocenters. The first-order valence-corrected chi connectivity index (χ1v) is 13.1. The molecule has 1 unspecified atom stereocenters. The van der Waals surface area contributed by atoms with Crippen LogP contribution in [0.4, 0.5) is 0 Å². The Hall–Kier alpha value is -5.11. The van der Waals surface area contributed by atoms with E-state index in [0.29, 0.717) is 30.3 Å². The largest absolute Gasteiger partial charge is 0.485 e. The van der Waals surface area contributed by atoms with Crippen molar-refractivity contribution in [2.75, 3.05) is 0 Å². The van der Waals surface area contributed by atoms with Gasteiger partial charge in [0.15, 0.2) is 17.3 Å². The minimum Gasteiger partial charge on any atom is -0.485 e. The molecule has 1 aliphatic heterocycles. The Bertz CT molecular complexity index is 1560. The average Bonchev–Trinajstić information content (AvgIpc) is 2.95. The minimum absolute atomic E-state index is 0.00345. The molecule has 5 rings (SSSR count). The molecule has 1 aliphatic rings. The highest BCUT2D eigenvalue weighted by Crippen LogP contribution is 2.44. The lowest BCUT2D eigenvalue weighted by Gasteiger charge is -2.27. The molecule has 0 spiro atoms. The zero-order valence-electron chi connectivity index (χ0n) is 22.6. The van der Waals surface area contributed by atoms with Gasteiger partial charge in [0.05, 0.1) is 6.42 Å². The van der Waals surface area contributed by atoms with E-state index in [1.165, 1.54) is 26.0 Å². The number of hydrogen-bond acceptors (Lipinski definition) is 8. The lowest BCUT2D eigenvalue weighted by atomic mass is 9.95. The zero-order chi connectivity index (χ0) is 28.8. The summed E-state index contributed by atoms with van der Waals surface area (Å²) < 4.78 is 29.0. The fourth-order valence-electron chi connectivity index (χ4n) is 4.47. The summed E-state index contributed by atoms with van der Waals surface area (Å²) in [5.41, 5.74) is 2.80. The first kappa shape index (κ1) is 27.5. The van der Waals surface area contributed by atoms with Crippen molar-refractivity contribution in [3.05, 3.63) is 113 Å². The summed E-state index contributed by atoms with van der Waals surface area (Å²) in [7, 11) is 0. The summed E-state index contributed by atoms with van der Waals surface area (Å²) in [6.07, 6.45) is -0.675. The molecule has 208 valence electrons.